The molecule has 4 rings (SSSR count). The molecule has 0 amide bonds. The van der Waals surface area contributed by atoms with Crippen LogP contribution in [0, 0.1) is 5.82 Å². The Morgan fingerprint density at radius 3 is 2.76 bits per heavy atom. The van der Waals surface area contributed by atoms with E-state index in [-0.39, 0.29) is 11.7 Å². The van der Waals surface area contributed by atoms with Crippen LogP contribution in [-0.2, 0) is 6.42 Å². The van der Waals surface area contributed by atoms with Crippen molar-refractivity contribution >= 4 is 11.4 Å². The molecule has 1 unspecified atom stereocenters. The first-order valence-corrected chi connectivity index (χ1v) is 7.30. The molecule has 1 atom stereocenters. The molecule has 0 bridgehead atoms. The molecular weight excluding hydrogens is 265 g/mol. The average molecular weight is 281 g/mol. The van der Waals surface area contributed by atoms with Crippen molar-refractivity contribution in [2.24, 2.45) is 0 Å². The lowest BCUT2D eigenvalue weighted by atomic mass is 9.96. The van der Waals surface area contributed by atoms with Crippen LogP contribution >= 0.6 is 0 Å². The van der Waals surface area contributed by atoms with Gasteiger partial charge in [-0.05, 0) is 36.5 Å². The molecule has 1 aromatic carbocycles. The molecule has 2 aliphatic carbocycles. The van der Waals surface area contributed by atoms with E-state index in [1.165, 1.54) is 11.6 Å². The van der Waals surface area contributed by atoms with Crippen LogP contribution in [0.15, 0.2) is 30.3 Å². The topological polar surface area (TPSA) is 37.8 Å². The number of hydrogen-bond donors (Lipinski definition) is 1. The maximum absolute atomic E-state index is 14.1. The second kappa shape index (κ2) is 4.65. The number of nitrogens with one attached hydrogen (secondary N) is 1. The van der Waals surface area contributed by atoms with E-state index >= 15 is 0 Å². The molecule has 3 nitrogen and oxygen atoms in total. The molecule has 2 aromatic rings. The zero-order valence-electron chi connectivity index (χ0n) is 11.9. The van der Waals surface area contributed by atoms with Crippen LogP contribution in [0.25, 0.3) is 5.57 Å². The Balaban J connectivity index is 1.85. The van der Waals surface area contributed by atoms with Crippen LogP contribution in [-0.4, -0.2) is 17.0 Å². The SMILES string of the molecule is CNc1nc(C2=CC2)nc2c1CCC2c1ccccc1F. The van der Waals surface area contributed by atoms with Crippen LogP contribution in [0.4, 0.5) is 10.2 Å². The molecule has 0 aliphatic heterocycles. The van der Waals surface area contributed by atoms with Crippen LogP contribution in [0.5, 0.6) is 0 Å². The highest BCUT2D eigenvalue weighted by Crippen LogP contribution is 2.41. The summed E-state index contributed by atoms with van der Waals surface area (Å²) < 4.78 is 14.1. The summed E-state index contributed by atoms with van der Waals surface area (Å²) in [5.41, 5.74) is 4.05. The zero-order valence-corrected chi connectivity index (χ0v) is 11.9. The van der Waals surface area contributed by atoms with Gasteiger partial charge in [-0.25, -0.2) is 14.4 Å². The summed E-state index contributed by atoms with van der Waals surface area (Å²) in [5, 5.41) is 3.16. The number of rotatable bonds is 3. The van der Waals surface area contributed by atoms with E-state index in [0.717, 1.165) is 47.7 Å². The van der Waals surface area contributed by atoms with Gasteiger partial charge in [-0.3, -0.25) is 0 Å². The second-order valence-corrected chi connectivity index (χ2v) is 5.56. The molecule has 106 valence electrons. The minimum atomic E-state index is -0.146. The predicted octanol–water partition coefficient (Wildman–Crippen LogP) is 3.52. The van der Waals surface area contributed by atoms with Gasteiger partial charge in [0.25, 0.3) is 0 Å². The number of aromatic nitrogens is 2. The zero-order chi connectivity index (χ0) is 14.4. The molecule has 0 spiro atoms. The maximum Gasteiger partial charge on any atom is 0.157 e. The molecule has 2 aliphatic rings. The highest BCUT2D eigenvalue weighted by atomic mass is 19.1. The first-order chi connectivity index (χ1) is 10.3. The molecule has 1 aromatic heterocycles. The Bertz CT molecular complexity index is 752. The summed E-state index contributed by atoms with van der Waals surface area (Å²) in [7, 11) is 1.88. The van der Waals surface area contributed by atoms with E-state index in [2.05, 4.69) is 16.4 Å². The maximum atomic E-state index is 14.1. The molecule has 1 heterocycles. The first-order valence-electron chi connectivity index (χ1n) is 7.30. The molecule has 4 heteroatoms. The van der Waals surface area contributed by atoms with Crippen molar-refractivity contribution in [3.05, 3.63) is 58.8 Å². The summed E-state index contributed by atoms with van der Waals surface area (Å²) in [6.07, 6.45) is 4.87. The normalized spacial score (nSPS) is 19.1. The quantitative estimate of drug-likeness (QED) is 0.935. The Kier molecular flexibility index (Phi) is 2.77. The van der Waals surface area contributed by atoms with E-state index < -0.39 is 0 Å². The van der Waals surface area contributed by atoms with Crippen LogP contribution in [0.1, 0.15) is 41.4 Å². The van der Waals surface area contributed by atoms with Gasteiger partial charge in [0, 0.05) is 18.5 Å². The number of fused-ring (bicyclic) bond motifs is 1. The lowest BCUT2D eigenvalue weighted by Crippen LogP contribution is -2.07. The highest BCUT2D eigenvalue weighted by molar-refractivity contribution is 5.74. The summed E-state index contributed by atoms with van der Waals surface area (Å²) in [5.74, 6) is 1.57. The van der Waals surface area contributed by atoms with Crippen molar-refractivity contribution in [2.75, 3.05) is 12.4 Å². The van der Waals surface area contributed by atoms with Crippen molar-refractivity contribution in [3.63, 3.8) is 0 Å². The van der Waals surface area contributed by atoms with Crippen LogP contribution in [0.3, 0.4) is 0 Å². The lowest BCUT2D eigenvalue weighted by molar-refractivity contribution is 0.592. The first kappa shape index (κ1) is 12.5. The molecule has 0 fully saturated rings. The number of anilines is 1. The smallest absolute Gasteiger partial charge is 0.157 e. The minimum absolute atomic E-state index is 0.0365. The Hall–Kier alpha value is -2.23. The van der Waals surface area contributed by atoms with E-state index in [1.807, 2.05) is 19.2 Å². The number of allylic oxidation sites excluding steroid dienone is 2. The van der Waals surface area contributed by atoms with Gasteiger partial charge >= 0.3 is 0 Å². The fourth-order valence-corrected chi connectivity index (χ4v) is 3.11. The average Bonchev–Trinajstić information content (AvgIpc) is 3.27. The van der Waals surface area contributed by atoms with Gasteiger partial charge in [0.15, 0.2) is 5.82 Å². The third-order valence-electron chi connectivity index (χ3n) is 4.27. The van der Waals surface area contributed by atoms with Gasteiger partial charge in [0.2, 0.25) is 0 Å². The van der Waals surface area contributed by atoms with Gasteiger partial charge in [0.1, 0.15) is 11.6 Å². The molecular formula is C17H16FN3. The van der Waals surface area contributed by atoms with Crippen LogP contribution in [0.2, 0.25) is 0 Å². The number of hydrogen-bond acceptors (Lipinski definition) is 3. The second-order valence-electron chi connectivity index (χ2n) is 5.56. The van der Waals surface area contributed by atoms with E-state index in [9.17, 15) is 4.39 Å². The van der Waals surface area contributed by atoms with Gasteiger partial charge in [-0.15, -0.1) is 0 Å². The Labute approximate surface area is 122 Å². The third kappa shape index (κ3) is 2.02. The number of benzene rings is 1. The van der Waals surface area contributed by atoms with Crippen molar-refractivity contribution in [1.29, 1.82) is 0 Å². The summed E-state index contributed by atoms with van der Waals surface area (Å²) >= 11 is 0. The molecule has 0 saturated heterocycles. The van der Waals surface area contributed by atoms with Crippen molar-refractivity contribution < 1.29 is 4.39 Å². The van der Waals surface area contributed by atoms with Gasteiger partial charge in [0.05, 0.1) is 5.69 Å². The van der Waals surface area contributed by atoms with Crippen LogP contribution < -0.4 is 5.32 Å². The molecule has 1 N–H and O–H groups in total. The Morgan fingerprint density at radius 1 is 1.24 bits per heavy atom. The van der Waals surface area contributed by atoms with Gasteiger partial charge in [-0.2, -0.15) is 0 Å². The highest BCUT2D eigenvalue weighted by Gasteiger charge is 2.31. The third-order valence-corrected chi connectivity index (χ3v) is 4.27. The molecule has 0 radical (unpaired) electrons. The summed E-state index contributed by atoms with van der Waals surface area (Å²) in [4.78, 5) is 9.33. The van der Waals surface area contributed by atoms with Crippen molar-refractivity contribution in [1.82, 2.24) is 9.97 Å². The van der Waals surface area contributed by atoms with E-state index in [4.69, 9.17) is 4.98 Å². The van der Waals surface area contributed by atoms with Gasteiger partial charge < -0.3 is 5.32 Å². The number of nitrogens with zero attached hydrogens (tertiary/aromatic N) is 2. The predicted molar refractivity (Wildman–Crippen MR) is 80.7 cm³/mol. The van der Waals surface area contributed by atoms with Crippen molar-refractivity contribution in [2.45, 2.75) is 25.2 Å². The molecule has 0 saturated carbocycles. The summed E-state index contributed by atoms with van der Waals surface area (Å²) in [6.45, 7) is 0. The van der Waals surface area contributed by atoms with Crippen molar-refractivity contribution in [3.8, 4) is 0 Å². The fourth-order valence-electron chi connectivity index (χ4n) is 3.11. The Morgan fingerprint density at radius 2 is 2.05 bits per heavy atom. The summed E-state index contributed by atoms with van der Waals surface area (Å²) in [6, 6.07) is 7.01. The minimum Gasteiger partial charge on any atom is -0.373 e. The standard InChI is InChI=1S/C17H16FN3/c1-19-17-13-9-8-12(11-4-2-3-5-14(11)18)15(13)20-16(21-17)10-6-7-10/h2-6,12H,7-9H2,1H3,(H,19,20,21). The van der Waals surface area contributed by atoms with E-state index in [0.29, 0.717) is 0 Å². The van der Waals surface area contributed by atoms with E-state index in [1.54, 1.807) is 6.07 Å². The monoisotopic (exact) mass is 281 g/mol. The largest absolute Gasteiger partial charge is 0.373 e. The fraction of sp³-hybridized carbons (Fsp3) is 0.294. The number of halogens is 1. The van der Waals surface area contributed by atoms with Gasteiger partial charge in [-0.1, -0.05) is 24.3 Å². The lowest BCUT2D eigenvalue weighted by Gasteiger charge is -2.14. The molecule has 21 heavy (non-hydrogen) atoms.